The molecule has 0 fully saturated rings. The van der Waals surface area contributed by atoms with Crippen LogP contribution in [0.3, 0.4) is 0 Å². The largest absolute Gasteiger partial charge is 0.307 e. The Morgan fingerprint density at radius 2 is 1.89 bits per heavy atom. The first-order valence-corrected chi connectivity index (χ1v) is 6.22. The summed E-state index contributed by atoms with van der Waals surface area (Å²) in [4.78, 5) is 12.2. The number of benzene rings is 1. The Bertz CT molecular complexity index is 353. The lowest BCUT2D eigenvalue weighted by Gasteiger charge is -2.16. The highest BCUT2D eigenvalue weighted by Gasteiger charge is 2.18. The number of Topliss-reactive ketones (excluding diaryl/α,β-unsaturated/α-hetero) is 1. The fourth-order valence-corrected chi connectivity index (χ4v) is 1.80. The molecule has 1 aromatic rings. The van der Waals surface area contributed by atoms with E-state index in [1.165, 1.54) is 12.1 Å². The smallest absolute Gasteiger partial charge is 0.179 e. The molecule has 2 nitrogen and oxygen atoms in total. The summed E-state index contributed by atoms with van der Waals surface area (Å²) >= 11 is 0. The number of ketones is 1. The Morgan fingerprint density at radius 3 is 2.39 bits per heavy atom. The lowest BCUT2D eigenvalue weighted by molar-refractivity contribution is 0.0937. The van der Waals surface area contributed by atoms with Gasteiger partial charge in [-0.1, -0.05) is 26.7 Å². The molecule has 0 spiro atoms. The summed E-state index contributed by atoms with van der Waals surface area (Å²) in [5.74, 6) is -0.254. The topological polar surface area (TPSA) is 29.1 Å². The zero-order valence-corrected chi connectivity index (χ0v) is 11.7. The average Bonchev–Trinajstić information content (AvgIpc) is 2.34. The van der Waals surface area contributed by atoms with Crippen molar-refractivity contribution in [2.45, 2.75) is 39.2 Å². The van der Waals surface area contributed by atoms with E-state index in [0.717, 1.165) is 25.8 Å². The van der Waals surface area contributed by atoms with Crippen LogP contribution >= 0.6 is 12.4 Å². The lowest BCUT2D eigenvalue weighted by atomic mass is 9.99. The minimum absolute atomic E-state index is 0. The summed E-state index contributed by atoms with van der Waals surface area (Å²) in [5, 5.41) is 3.19. The van der Waals surface area contributed by atoms with Crippen LogP contribution in [0, 0.1) is 5.82 Å². The first-order valence-electron chi connectivity index (χ1n) is 6.22. The molecule has 1 aromatic carbocycles. The Hall–Kier alpha value is -0.930. The fraction of sp³-hybridized carbons (Fsp3) is 0.500. The number of hydrogen-bond acceptors (Lipinski definition) is 2. The van der Waals surface area contributed by atoms with Crippen molar-refractivity contribution in [2.75, 3.05) is 6.54 Å². The van der Waals surface area contributed by atoms with Crippen LogP contribution in [0.2, 0.25) is 0 Å². The molecule has 0 saturated carbocycles. The number of halogens is 2. The van der Waals surface area contributed by atoms with E-state index in [1.54, 1.807) is 12.1 Å². The standard InChI is InChI=1S/C14H20FNO.ClH/c1-3-5-6-13(16-4-2)14(17)11-7-9-12(15)10-8-11;/h7-10,13,16H,3-6H2,1-2H3;1H. The predicted molar refractivity (Wildman–Crippen MR) is 75.0 cm³/mol. The molecule has 18 heavy (non-hydrogen) atoms. The van der Waals surface area contributed by atoms with Gasteiger partial charge in [-0.05, 0) is 37.2 Å². The highest BCUT2D eigenvalue weighted by Crippen LogP contribution is 2.10. The van der Waals surface area contributed by atoms with E-state index in [2.05, 4.69) is 12.2 Å². The molecule has 0 radical (unpaired) electrons. The molecule has 0 amide bonds. The zero-order chi connectivity index (χ0) is 12.7. The maximum Gasteiger partial charge on any atom is 0.179 e. The molecule has 0 bridgehead atoms. The van der Waals surface area contributed by atoms with Crippen LogP contribution in [-0.2, 0) is 0 Å². The van der Waals surface area contributed by atoms with Gasteiger partial charge >= 0.3 is 0 Å². The van der Waals surface area contributed by atoms with Gasteiger partial charge in [-0.15, -0.1) is 12.4 Å². The second kappa shape index (κ2) is 9.06. The van der Waals surface area contributed by atoms with E-state index in [4.69, 9.17) is 0 Å². The van der Waals surface area contributed by atoms with Gasteiger partial charge in [0.15, 0.2) is 5.78 Å². The second-order valence-electron chi connectivity index (χ2n) is 4.12. The maximum absolute atomic E-state index is 12.8. The molecule has 1 N–H and O–H groups in total. The van der Waals surface area contributed by atoms with E-state index in [1.807, 2.05) is 6.92 Å². The van der Waals surface area contributed by atoms with Gasteiger partial charge in [-0.3, -0.25) is 4.79 Å². The normalized spacial score (nSPS) is 11.7. The van der Waals surface area contributed by atoms with E-state index in [-0.39, 0.29) is 30.0 Å². The van der Waals surface area contributed by atoms with E-state index in [9.17, 15) is 9.18 Å². The number of hydrogen-bond donors (Lipinski definition) is 1. The van der Waals surface area contributed by atoms with Crippen molar-refractivity contribution in [2.24, 2.45) is 0 Å². The van der Waals surface area contributed by atoms with Crippen molar-refractivity contribution in [3.63, 3.8) is 0 Å². The molecular weight excluding hydrogens is 253 g/mol. The Balaban J connectivity index is 0.00000289. The molecule has 0 saturated heterocycles. The average molecular weight is 274 g/mol. The van der Waals surface area contributed by atoms with Gasteiger partial charge in [0.2, 0.25) is 0 Å². The van der Waals surface area contributed by atoms with Crippen LogP contribution in [-0.4, -0.2) is 18.4 Å². The molecule has 1 unspecified atom stereocenters. The van der Waals surface area contributed by atoms with Crippen LogP contribution in [0.25, 0.3) is 0 Å². The third-order valence-electron chi connectivity index (χ3n) is 2.74. The summed E-state index contributed by atoms with van der Waals surface area (Å²) in [6, 6.07) is 5.61. The van der Waals surface area contributed by atoms with Crippen molar-refractivity contribution < 1.29 is 9.18 Å². The number of likely N-dealkylation sites (N-methyl/N-ethyl adjacent to an activating group) is 1. The Labute approximate surface area is 114 Å². The van der Waals surface area contributed by atoms with Gasteiger partial charge < -0.3 is 5.32 Å². The molecule has 0 aliphatic carbocycles. The monoisotopic (exact) mass is 273 g/mol. The molecule has 0 aliphatic rings. The van der Waals surface area contributed by atoms with Gasteiger partial charge in [0.05, 0.1) is 6.04 Å². The van der Waals surface area contributed by atoms with Gasteiger partial charge in [0, 0.05) is 5.56 Å². The Morgan fingerprint density at radius 1 is 1.28 bits per heavy atom. The van der Waals surface area contributed by atoms with E-state index in [0.29, 0.717) is 5.56 Å². The molecule has 0 heterocycles. The Kier molecular flexibility index (Phi) is 8.59. The SMILES string of the molecule is CCCCC(NCC)C(=O)c1ccc(F)cc1.Cl. The van der Waals surface area contributed by atoms with Crippen molar-refractivity contribution in [1.29, 1.82) is 0 Å². The zero-order valence-electron chi connectivity index (χ0n) is 10.9. The van der Waals surface area contributed by atoms with Crippen LogP contribution in [0.5, 0.6) is 0 Å². The molecule has 4 heteroatoms. The minimum atomic E-state index is -0.310. The maximum atomic E-state index is 12.8. The van der Waals surface area contributed by atoms with Crippen molar-refractivity contribution in [1.82, 2.24) is 5.32 Å². The minimum Gasteiger partial charge on any atom is -0.307 e. The number of rotatable bonds is 7. The number of unbranched alkanes of at least 4 members (excludes halogenated alkanes) is 1. The summed E-state index contributed by atoms with van der Waals surface area (Å²) in [6.45, 7) is 4.85. The van der Waals surface area contributed by atoms with Gasteiger partial charge in [-0.2, -0.15) is 0 Å². The third kappa shape index (κ3) is 5.15. The molecule has 1 atom stereocenters. The first-order chi connectivity index (χ1) is 8.19. The summed E-state index contributed by atoms with van der Waals surface area (Å²) in [7, 11) is 0. The summed E-state index contributed by atoms with van der Waals surface area (Å²) in [6.07, 6.45) is 2.92. The third-order valence-corrected chi connectivity index (χ3v) is 2.74. The lowest BCUT2D eigenvalue weighted by Crippen LogP contribution is -2.36. The first kappa shape index (κ1) is 17.1. The molecule has 1 rings (SSSR count). The quantitative estimate of drug-likeness (QED) is 0.769. The fourth-order valence-electron chi connectivity index (χ4n) is 1.80. The number of carbonyl (C=O) groups excluding carboxylic acids is 1. The van der Waals surface area contributed by atoms with Crippen molar-refractivity contribution >= 4 is 18.2 Å². The van der Waals surface area contributed by atoms with Crippen LogP contribution in [0.15, 0.2) is 24.3 Å². The second-order valence-corrected chi connectivity index (χ2v) is 4.12. The predicted octanol–water partition coefficient (Wildman–Crippen LogP) is 3.60. The highest BCUT2D eigenvalue weighted by atomic mass is 35.5. The van der Waals surface area contributed by atoms with Gasteiger partial charge in [0.25, 0.3) is 0 Å². The van der Waals surface area contributed by atoms with E-state index >= 15 is 0 Å². The van der Waals surface area contributed by atoms with E-state index < -0.39 is 0 Å². The van der Waals surface area contributed by atoms with Crippen molar-refractivity contribution in [3.8, 4) is 0 Å². The van der Waals surface area contributed by atoms with Crippen LogP contribution in [0.4, 0.5) is 4.39 Å². The molecule has 102 valence electrons. The summed E-state index contributed by atoms with van der Waals surface area (Å²) in [5.41, 5.74) is 0.577. The highest BCUT2D eigenvalue weighted by molar-refractivity contribution is 6.00. The molecule has 0 aliphatic heterocycles. The number of nitrogens with one attached hydrogen (secondary N) is 1. The van der Waals surface area contributed by atoms with Crippen molar-refractivity contribution in [3.05, 3.63) is 35.6 Å². The van der Waals surface area contributed by atoms with Gasteiger partial charge in [-0.25, -0.2) is 4.39 Å². The van der Waals surface area contributed by atoms with Gasteiger partial charge in [0.1, 0.15) is 5.82 Å². The molecule has 0 aromatic heterocycles. The molecular formula is C14H21ClFNO. The number of carbonyl (C=O) groups is 1. The van der Waals surface area contributed by atoms with Crippen LogP contribution < -0.4 is 5.32 Å². The summed E-state index contributed by atoms with van der Waals surface area (Å²) < 4.78 is 12.8. The van der Waals surface area contributed by atoms with Crippen LogP contribution in [0.1, 0.15) is 43.5 Å².